The number of esters is 3. The second-order valence-corrected chi connectivity index (χ2v) is 9.23. The quantitative estimate of drug-likeness (QED) is 0.0787. The van der Waals surface area contributed by atoms with Gasteiger partial charge < -0.3 is 33.5 Å². The summed E-state index contributed by atoms with van der Waals surface area (Å²) in [5.74, 6) is -1.06. The van der Waals surface area contributed by atoms with Crippen molar-refractivity contribution in [3.8, 4) is 0 Å². The van der Waals surface area contributed by atoms with Gasteiger partial charge in [-0.1, -0.05) is 59.8 Å². The van der Waals surface area contributed by atoms with Gasteiger partial charge in [-0.2, -0.15) is 0 Å². The third-order valence-electron chi connectivity index (χ3n) is 4.60. The largest absolute Gasteiger partial charge is 0.462 e. The predicted octanol–water partition coefficient (Wildman–Crippen LogP) is 5.13. The average Bonchev–Trinajstić information content (AvgIpc) is 2.93. The van der Waals surface area contributed by atoms with Gasteiger partial charge in [-0.3, -0.25) is 0 Å². The number of aliphatic hydroxyl groups excluding tert-OH is 1. The van der Waals surface area contributed by atoms with Crippen molar-refractivity contribution in [3.63, 3.8) is 0 Å². The Morgan fingerprint density at radius 2 is 0.854 bits per heavy atom. The van der Waals surface area contributed by atoms with Crippen LogP contribution in [0.3, 0.4) is 0 Å². The van der Waals surface area contributed by atoms with E-state index in [0.29, 0.717) is 43.1 Å². The molecule has 0 aromatic rings. The molecule has 10 heteroatoms. The van der Waals surface area contributed by atoms with Crippen LogP contribution < -0.4 is 0 Å². The fourth-order valence-corrected chi connectivity index (χ4v) is 2.15. The minimum absolute atomic E-state index is 0.162. The molecule has 0 aliphatic heterocycles. The molecule has 41 heavy (non-hydrogen) atoms. The SMILES string of the molecule is C=C(C)C(=O)OCCCC.C=C(C)C(=O)OCCOCC(O)COCCCC.C=C(C)C(=O)OCCOCCCC. The Labute approximate surface area is 248 Å². The fourth-order valence-electron chi connectivity index (χ4n) is 2.15. The Hall–Kier alpha value is -2.53. The summed E-state index contributed by atoms with van der Waals surface area (Å²) in [6.07, 6.45) is 5.56. The lowest BCUT2D eigenvalue weighted by Crippen LogP contribution is -2.23. The lowest BCUT2D eigenvalue weighted by molar-refractivity contribution is -0.141. The number of carbonyl (C=O) groups is 3. The highest BCUT2D eigenvalue weighted by molar-refractivity contribution is 5.87. The summed E-state index contributed by atoms with van der Waals surface area (Å²) >= 11 is 0. The molecule has 1 N–H and O–H groups in total. The third-order valence-corrected chi connectivity index (χ3v) is 4.60. The first-order valence-corrected chi connectivity index (χ1v) is 14.3. The molecule has 0 saturated carbocycles. The molecule has 240 valence electrons. The smallest absolute Gasteiger partial charge is 0.333 e. The molecular formula is C31H56O10. The van der Waals surface area contributed by atoms with Crippen LogP contribution >= 0.6 is 0 Å². The Morgan fingerprint density at radius 1 is 0.537 bits per heavy atom. The lowest BCUT2D eigenvalue weighted by atomic mass is 10.3. The van der Waals surface area contributed by atoms with Crippen molar-refractivity contribution >= 4 is 17.9 Å². The van der Waals surface area contributed by atoms with E-state index in [4.69, 9.17) is 28.4 Å². The lowest BCUT2D eigenvalue weighted by Gasteiger charge is -2.11. The molecule has 0 aromatic heterocycles. The first kappa shape index (κ1) is 42.9. The van der Waals surface area contributed by atoms with Gasteiger partial charge in [0.25, 0.3) is 0 Å². The van der Waals surface area contributed by atoms with Gasteiger partial charge in [-0.15, -0.1) is 0 Å². The summed E-state index contributed by atoms with van der Waals surface area (Å²) in [6.45, 7) is 25.0. The molecule has 0 amide bonds. The zero-order valence-electron chi connectivity index (χ0n) is 26.4. The van der Waals surface area contributed by atoms with Crippen LogP contribution in [0.5, 0.6) is 0 Å². The summed E-state index contributed by atoms with van der Waals surface area (Å²) in [5.41, 5.74) is 1.25. The van der Waals surface area contributed by atoms with E-state index in [0.717, 1.165) is 45.1 Å². The number of hydrogen-bond donors (Lipinski definition) is 1. The highest BCUT2D eigenvalue weighted by Gasteiger charge is 2.06. The Morgan fingerprint density at radius 3 is 1.24 bits per heavy atom. The van der Waals surface area contributed by atoms with Crippen molar-refractivity contribution < 1.29 is 47.9 Å². The minimum atomic E-state index is -0.640. The van der Waals surface area contributed by atoms with Gasteiger partial charge in [-0.25, -0.2) is 14.4 Å². The van der Waals surface area contributed by atoms with Crippen molar-refractivity contribution in [2.24, 2.45) is 0 Å². The van der Waals surface area contributed by atoms with E-state index in [2.05, 4.69) is 40.5 Å². The van der Waals surface area contributed by atoms with Crippen LogP contribution in [0.25, 0.3) is 0 Å². The highest BCUT2D eigenvalue weighted by Crippen LogP contribution is 1.96. The summed E-state index contributed by atoms with van der Waals surface area (Å²) in [7, 11) is 0. The summed E-state index contributed by atoms with van der Waals surface area (Å²) in [4.78, 5) is 32.5. The van der Waals surface area contributed by atoms with Crippen LogP contribution in [-0.2, 0) is 42.8 Å². The maximum absolute atomic E-state index is 11.0. The summed E-state index contributed by atoms with van der Waals surface area (Å²) in [5, 5.41) is 9.47. The molecule has 0 aliphatic carbocycles. The fraction of sp³-hybridized carbons (Fsp3) is 0.710. The van der Waals surface area contributed by atoms with Crippen LogP contribution in [0.15, 0.2) is 36.5 Å². The zero-order chi connectivity index (χ0) is 31.9. The number of hydrogen-bond acceptors (Lipinski definition) is 10. The monoisotopic (exact) mass is 588 g/mol. The maximum atomic E-state index is 11.0. The number of aliphatic hydroxyl groups is 1. The van der Waals surface area contributed by atoms with E-state index in [9.17, 15) is 19.5 Å². The number of rotatable bonds is 22. The zero-order valence-corrected chi connectivity index (χ0v) is 26.4. The van der Waals surface area contributed by atoms with Crippen LogP contribution in [0.4, 0.5) is 0 Å². The maximum Gasteiger partial charge on any atom is 0.333 e. The van der Waals surface area contributed by atoms with E-state index >= 15 is 0 Å². The van der Waals surface area contributed by atoms with Crippen LogP contribution in [-0.4, -0.2) is 88.6 Å². The van der Waals surface area contributed by atoms with Gasteiger partial charge in [0.1, 0.15) is 19.3 Å². The molecule has 0 aliphatic rings. The average molecular weight is 589 g/mol. The van der Waals surface area contributed by atoms with E-state index in [1.807, 2.05) is 0 Å². The molecule has 1 unspecified atom stereocenters. The molecule has 1 atom stereocenters. The van der Waals surface area contributed by atoms with Crippen LogP contribution in [0, 0.1) is 0 Å². The summed E-state index contributed by atoms with van der Waals surface area (Å²) < 4.78 is 30.0. The molecule has 0 saturated heterocycles. The van der Waals surface area contributed by atoms with Crippen LogP contribution in [0.1, 0.15) is 80.1 Å². The molecule has 0 radical (unpaired) electrons. The van der Waals surface area contributed by atoms with E-state index in [-0.39, 0.29) is 38.4 Å². The molecule has 0 spiro atoms. The van der Waals surface area contributed by atoms with Crippen LogP contribution in [0.2, 0.25) is 0 Å². The summed E-state index contributed by atoms with van der Waals surface area (Å²) in [6, 6.07) is 0. The molecule has 0 heterocycles. The van der Waals surface area contributed by atoms with Crippen molar-refractivity contribution in [2.75, 3.05) is 59.5 Å². The third kappa shape index (κ3) is 35.4. The normalized spacial score (nSPS) is 10.6. The van der Waals surface area contributed by atoms with E-state index in [1.54, 1.807) is 20.8 Å². The molecule has 0 rings (SSSR count). The van der Waals surface area contributed by atoms with Crippen molar-refractivity contribution in [2.45, 2.75) is 86.2 Å². The van der Waals surface area contributed by atoms with Gasteiger partial charge in [0.05, 0.1) is 33.0 Å². The second-order valence-electron chi connectivity index (χ2n) is 9.23. The Bertz CT molecular complexity index is 718. The molecular weight excluding hydrogens is 532 g/mol. The Kier molecular flexibility index (Phi) is 33.5. The van der Waals surface area contributed by atoms with Crippen molar-refractivity contribution in [3.05, 3.63) is 36.5 Å². The van der Waals surface area contributed by atoms with Gasteiger partial charge in [-0.05, 0) is 40.0 Å². The highest BCUT2D eigenvalue weighted by atomic mass is 16.6. The standard InChI is InChI=1S/C13H24O5.C10H18O3.C8H14O2/c1-4-5-6-16-9-12(14)10-17-7-8-18-13(15)11(2)3;1-4-5-6-12-7-8-13-10(11)9(2)3;1-4-5-6-10-8(9)7(2)3/h12,14H,2,4-10H2,1,3H3;2,4-8H2,1,3H3;2,4-6H2,1,3H3. The van der Waals surface area contributed by atoms with Crippen molar-refractivity contribution in [1.82, 2.24) is 0 Å². The first-order valence-electron chi connectivity index (χ1n) is 14.3. The second kappa shape index (κ2) is 32.0. The van der Waals surface area contributed by atoms with E-state index < -0.39 is 12.1 Å². The molecule has 0 aromatic carbocycles. The van der Waals surface area contributed by atoms with Gasteiger partial charge in [0.15, 0.2) is 0 Å². The first-order chi connectivity index (χ1) is 19.4. The number of unbranched alkanes of at least 4 members (excludes halogenated alkanes) is 3. The van der Waals surface area contributed by atoms with Crippen molar-refractivity contribution in [1.29, 1.82) is 0 Å². The topological polar surface area (TPSA) is 127 Å². The predicted molar refractivity (Wildman–Crippen MR) is 161 cm³/mol. The number of carbonyl (C=O) groups excluding carboxylic acids is 3. The molecule has 10 nitrogen and oxygen atoms in total. The van der Waals surface area contributed by atoms with Gasteiger partial charge in [0.2, 0.25) is 0 Å². The minimum Gasteiger partial charge on any atom is -0.462 e. The number of ether oxygens (including phenoxy) is 6. The molecule has 0 bridgehead atoms. The Balaban J connectivity index is -0.000000554. The van der Waals surface area contributed by atoms with Gasteiger partial charge in [0, 0.05) is 29.9 Å². The molecule has 0 fully saturated rings. The van der Waals surface area contributed by atoms with Gasteiger partial charge >= 0.3 is 17.9 Å². The van der Waals surface area contributed by atoms with E-state index in [1.165, 1.54) is 0 Å².